The van der Waals surface area contributed by atoms with Gasteiger partial charge in [-0.15, -0.1) is 0 Å². The van der Waals surface area contributed by atoms with Crippen molar-refractivity contribution in [2.24, 2.45) is 0 Å². The molecule has 0 radical (unpaired) electrons. The average Bonchev–Trinajstić information content (AvgIpc) is 3.68. The van der Waals surface area contributed by atoms with E-state index in [1.54, 1.807) is 61.2 Å². The van der Waals surface area contributed by atoms with E-state index in [4.69, 9.17) is 4.98 Å². The molecule has 0 aliphatic heterocycles. The van der Waals surface area contributed by atoms with E-state index in [1.165, 1.54) is 12.1 Å². The van der Waals surface area contributed by atoms with Crippen LogP contribution in [0.5, 0.6) is 0 Å². The summed E-state index contributed by atoms with van der Waals surface area (Å²) < 4.78 is 40.1. The van der Waals surface area contributed by atoms with Crippen LogP contribution in [0.2, 0.25) is 0 Å². The number of nitrogens with zero attached hydrogens (tertiary/aromatic N) is 5. The number of anilines is 1. The van der Waals surface area contributed by atoms with E-state index in [9.17, 15) is 17.6 Å². The van der Waals surface area contributed by atoms with Gasteiger partial charge >= 0.3 is 0 Å². The molecule has 0 aliphatic rings. The third-order valence-electron chi connectivity index (χ3n) is 7.20. The number of pyridine rings is 3. The van der Waals surface area contributed by atoms with Gasteiger partial charge in [-0.1, -0.05) is 18.2 Å². The number of H-pyrrole nitrogens is 2. The van der Waals surface area contributed by atoms with Crippen LogP contribution >= 0.6 is 0 Å². The number of carbonyl (C=O) groups is 1. The molecule has 0 unspecified atom stereocenters. The monoisotopic (exact) mass is 633 g/mol. The largest absolute Gasteiger partial charge is 0.321 e. The SMILES string of the molecule is CS(=O)(=O)NCc1cc(F)cc(-c2ccnc3[nH]c(-c4n[nH]c5ncc(-c6cncc(NC(=O)c7ccccc7)c6)cc45)nc23)c1. The molecule has 1 amide bonds. The fourth-order valence-corrected chi connectivity index (χ4v) is 5.51. The van der Waals surface area contributed by atoms with Crippen molar-refractivity contribution in [3.63, 3.8) is 0 Å². The van der Waals surface area contributed by atoms with Crippen LogP contribution in [0.3, 0.4) is 0 Å². The minimum Gasteiger partial charge on any atom is -0.321 e. The molecule has 0 bridgehead atoms. The predicted molar refractivity (Wildman–Crippen MR) is 171 cm³/mol. The quantitative estimate of drug-likeness (QED) is 0.180. The van der Waals surface area contributed by atoms with Gasteiger partial charge in [-0.05, 0) is 59.7 Å². The number of hydrogen-bond donors (Lipinski definition) is 4. The highest BCUT2D eigenvalue weighted by atomic mass is 32.2. The van der Waals surface area contributed by atoms with Crippen molar-refractivity contribution >= 4 is 43.8 Å². The van der Waals surface area contributed by atoms with E-state index in [-0.39, 0.29) is 12.5 Å². The van der Waals surface area contributed by atoms with Crippen molar-refractivity contribution in [1.29, 1.82) is 0 Å². The lowest BCUT2D eigenvalue weighted by Crippen LogP contribution is -2.21. The highest BCUT2D eigenvalue weighted by Crippen LogP contribution is 2.33. The van der Waals surface area contributed by atoms with Gasteiger partial charge < -0.3 is 10.3 Å². The lowest BCUT2D eigenvalue weighted by molar-refractivity contribution is 0.102. The van der Waals surface area contributed by atoms with Crippen molar-refractivity contribution in [3.8, 4) is 33.8 Å². The molecule has 5 heterocycles. The molecule has 0 saturated carbocycles. The maximum absolute atomic E-state index is 14.6. The summed E-state index contributed by atoms with van der Waals surface area (Å²) >= 11 is 0. The molecule has 0 fully saturated rings. The van der Waals surface area contributed by atoms with Gasteiger partial charge in [0, 0.05) is 47.4 Å². The van der Waals surface area contributed by atoms with Crippen LogP contribution < -0.4 is 10.0 Å². The zero-order valence-corrected chi connectivity index (χ0v) is 24.9. The Kier molecular flexibility index (Phi) is 7.27. The maximum atomic E-state index is 14.6. The first-order valence-electron chi connectivity index (χ1n) is 14.0. The van der Waals surface area contributed by atoms with Crippen molar-refractivity contribution in [2.75, 3.05) is 11.6 Å². The van der Waals surface area contributed by atoms with Gasteiger partial charge in [-0.25, -0.2) is 32.5 Å². The van der Waals surface area contributed by atoms with Crippen LogP contribution in [0.15, 0.2) is 91.5 Å². The Balaban J connectivity index is 1.22. The second kappa shape index (κ2) is 11.6. The smallest absolute Gasteiger partial charge is 0.255 e. The zero-order valence-electron chi connectivity index (χ0n) is 24.1. The standard InChI is InChI=1S/C32H24FN9O3S/c1-46(44,45)37-14-18-9-20(11-23(33)10-18)25-7-8-35-30-27(25)39-31(40-30)28-26-13-22(16-36-29(26)42-41-28)21-12-24(17-34-15-21)38-32(43)19-5-3-2-4-6-19/h2-13,15-17,37H,14H2,1H3,(H,38,43)(H,35,39,40)(H,36,41,42). The average molecular weight is 634 g/mol. The van der Waals surface area contributed by atoms with Gasteiger partial charge in [0.15, 0.2) is 17.1 Å². The third-order valence-corrected chi connectivity index (χ3v) is 7.87. The van der Waals surface area contributed by atoms with Gasteiger partial charge in [0.05, 0.1) is 23.5 Å². The van der Waals surface area contributed by atoms with E-state index in [0.717, 1.165) is 17.4 Å². The maximum Gasteiger partial charge on any atom is 0.255 e. The van der Waals surface area contributed by atoms with Crippen LogP contribution in [0.25, 0.3) is 56.0 Å². The van der Waals surface area contributed by atoms with Crippen LogP contribution in [-0.4, -0.2) is 55.7 Å². The number of imidazole rings is 1. The van der Waals surface area contributed by atoms with Gasteiger partial charge in [0.2, 0.25) is 10.0 Å². The van der Waals surface area contributed by atoms with Crippen molar-refractivity contribution in [2.45, 2.75) is 6.54 Å². The fraction of sp³-hybridized carbons (Fsp3) is 0.0625. The van der Waals surface area contributed by atoms with Gasteiger partial charge in [-0.2, -0.15) is 5.10 Å². The number of benzene rings is 2. The van der Waals surface area contributed by atoms with Crippen LogP contribution in [0.4, 0.5) is 10.1 Å². The first-order chi connectivity index (χ1) is 22.2. The lowest BCUT2D eigenvalue weighted by atomic mass is 10.0. The Bertz CT molecular complexity index is 2370. The van der Waals surface area contributed by atoms with Crippen LogP contribution in [0.1, 0.15) is 15.9 Å². The fourth-order valence-electron chi connectivity index (χ4n) is 5.08. The van der Waals surface area contributed by atoms with E-state index in [0.29, 0.717) is 61.7 Å². The number of rotatable bonds is 8. The number of sulfonamides is 1. The molecule has 7 rings (SSSR count). The Labute approximate surface area is 261 Å². The first kappa shape index (κ1) is 28.9. The minimum absolute atomic E-state index is 0.0595. The van der Waals surface area contributed by atoms with Gasteiger partial charge in [-0.3, -0.25) is 14.9 Å². The summed E-state index contributed by atoms with van der Waals surface area (Å²) in [5, 5.41) is 10.9. The van der Waals surface area contributed by atoms with Crippen molar-refractivity contribution in [1.82, 2.24) is 39.8 Å². The molecule has 0 aliphatic carbocycles. The summed E-state index contributed by atoms with van der Waals surface area (Å²) in [5.41, 5.74) is 6.06. The highest BCUT2D eigenvalue weighted by Gasteiger charge is 2.18. The molecular weight excluding hydrogens is 609 g/mol. The van der Waals surface area contributed by atoms with Gasteiger partial charge in [0.1, 0.15) is 17.0 Å². The molecule has 7 aromatic rings. The number of hydrogen-bond acceptors (Lipinski definition) is 8. The molecule has 0 saturated heterocycles. The Morgan fingerprint density at radius 2 is 1.74 bits per heavy atom. The molecule has 46 heavy (non-hydrogen) atoms. The molecule has 0 spiro atoms. The molecule has 228 valence electrons. The Morgan fingerprint density at radius 3 is 2.57 bits per heavy atom. The van der Waals surface area contributed by atoms with Crippen LogP contribution in [-0.2, 0) is 16.6 Å². The van der Waals surface area contributed by atoms with E-state index in [2.05, 4.69) is 40.2 Å². The molecule has 14 heteroatoms. The number of carbonyl (C=O) groups excluding carboxylic acids is 1. The number of nitrogens with one attached hydrogen (secondary N) is 4. The summed E-state index contributed by atoms with van der Waals surface area (Å²) in [6.07, 6.45) is 7.56. The van der Waals surface area contributed by atoms with E-state index >= 15 is 0 Å². The zero-order chi connectivity index (χ0) is 31.8. The Hall–Kier alpha value is -5.86. The summed E-state index contributed by atoms with van der Waals surface area (Å²) in [4.78, 5) is 33.9. The van der Waals surface area contributed by atoms with E-state index < -0.39 is 15.8 Å². The number of aromatic nitrogens is 7. The second-order valence-electron chi connectivity index (χ2n) is 10.6. The molecule has 12 nitrogen and oxygen atoms in total. The molecule has 5 aromatic heterocycles. The number of fused-ring (bicyclic) bond motifs is 2. The molecular formula is C32H24FN9O3S. The minimum atomic E-state index is -3.46. The summed E-state index contributed by atoms with van der Waals surface area (Å²) in [5.74, 6) is -0.348. The number of amides is 1. The van der Waals surface area contributed by atoms with Crippen molar-refractivity contribution in [3.05, 3.63) is 108 Å². The topological polar surface area (TPSA) is 171 Å². The lowest BCUT2D eigenvalue weighted by Gasteiger charge is -2.08. The van der Waals surface area contributed by atoms with Gasteiger partial charge in [0.25, 0.3) is 5.91 Å². The normalized spacial score (nSPS) is 11.7. The Morgan fingerprint density at radius 1 is 0.913 bits per heavy atom. The van der Waals surface area contributed by atoms with E-state index in [1.807, 2.05) is 18.2 Å². The summed E-state index contributed by atoms with van der Waals surface area (Å²) in [6, 6.07) is 18.7. The highest BCUT2D eigenvalue weighted by molar-refractivity contribution is 7.88. The van der Waals surface area contributed by atoms with Crippen molar-refractivity contribution < 1.29 is 17.6 Å². The second-order valence-corrected chi connectivity index (χ2v) is 12.4. The third kappa shape index (κ3) is 5.94. The molecule has 0 atom stereocenters. The molecule has 4 N–H and O–H groups in total. The molecule has 2 aromatic carbocycles. The van der Waals surface area contributed by atoms with Crippen LogP contribution in [0, 0.1) is 5.82 Å². The number of aromatic amines is 2. The number of halogens is 1. The predicted octanol–water partition coefficient (Wildman–Crippen LogP) is 5.07. The summed E-state index contributed by atoms with van der Waals surface area (Å²) in [6.45, 7) is -0.0595. The first-order valence-corrected chi connectivity index (χ1v) is 15.8. The summed E-state index contributed by atoms with van der Waals surface area (Å²) in [7, 11) is -3.46.